The molecule has 0 saturated heterocycles. The van der Waals surface area contributed by atoms with E-state index in [1.54, 1.807) is 36.5 Å². The maximum Gasteiger partial charge on any atom is 0.246 e. The van der Waals surface area contributed by atoms with Gasteiger partial charge in [0.1, 0.15) is 0 Å². The van der Waals surface area contributed by atoms with Crippen LogP contribution >= 0.6 is 0 Å². The second-order valence-electron chi connectivity index (χ2n) is 4.08. The molecular weight excluding hydrogens is 190 g/mol. The number of hydrogen-bond donors (Lipinski definition) is 1. The summed E-state index contributed by atoms with van der Waals surface area (Å²) in [5, 5.41) is 0. The molecule has 0 aromatic carbocycles. The van der Waals surface area contributed by atoms with Crippen LogP contribution in [0.4, 0.5) is 5.69 Å². The molecular formula is C11H15N3O. The lowest BCUT2D eigenvalue weighted by Gasteiger charge is -2.39. The van der Waals surface area contributed by atoms with Crippen molar-refractivity contribution in [3.8, 4) is 0 Å². The number of hydrogen-bond acceptors (Lipinski definition) is 3. The highest BCUT2D eigenvalue weighted by Gasteiger charge is 2.42. The lowest BCUT2D eigenvalue weighted by Crippen LogP contribution is -2.59. The Morgan fingerprint density at radius 2 is 2.07 bits per heavy atom. The van der Waals surface area contributed by atoms with E-state index in [1.165, 1.54) is 0 Å². The van der Waals surface area contributed by atoms with Gasteiger partial charge in [0.25, 0.3) is 0 Å². The molecule has 15 heavy (non-hydrogen) atoms. The molecule has 1 aliphatic carbocycles. The Morgan fingerprint density at radius 3 is 2.53 bits per heavy atom. The van der Waals surface area contributed by atoms with Gasteiger partial charge in [-0.2, -0.15) is 0 Å². The molecule has 1 heterocycles. The van der Waals surface area contributed by atoms with Crippen molar-refractivity contribution < 1.29 is 4.79 Å². The van der Waals surface area contributed by atoms with Crippen LogP contribution in [0.25, 0.3) is 0 Å². The van der Waals surface area contributed by atoms with Gasteiger partial charge in [-0.25, -0.2) is 0 Å². The van der Waals surface area contributed by atoms with Crippen molar-refractivity contribution in [1.29, 1.82) is 0 Å². The number of carbonyl (C=O) groups is 1. The topological polar surface area (TPSA) is 59.2 Å². The summed E-state index contributed by atoms with van der Waals surface area (Å²) in [4.78, 5) is 17.6. The SMILES string of the molecule is CN(C(=O)C1(N)CCC1)c1ccncc1. The van der Waals surface area contributed by atoms with Gasteiger partial charge in [0.05, 0.1) is 5.54 Å². The molecule has 0 unspecified atom stereocenters. The molecule has 2 rings (SSSR count). The van der Waals surface area contributed by atoms with Gasteiger partial charge in [-0.1, -0.05) is 0 Å². The van der Waals surface area contributed by atoms with E-state index in [-0.39, 0.29) is 5.91 Å². The molecule has 1 aromatic rings. The van der Waals surface area contributed by atoms with Crippen LogP contribution in [-0.2, 0) is 4.79 Å². The zero-order chi connectivity index (χ0) is 10.9. The predicted molar refractivity (Wildman–Crippen MR) is 58.4 cm³/mol. The lowest BCUT2D eigenvalue weighted by molar-refractivity contribution is -0.126. The Bertz CT molecular complexity index is 359. The lowest BCUT2D eigenvalue weighted by atomic mass is 9.76. The van der Waals surface area contributed by atoms with Crippen molar-refractivity contribution in [2.45, 2.75) is 24.8 Å². The number of likely N-dealkylation sites (N-methyl/N-ethyl adjacent to an activating group) is 1. The van der Waals surface area contributed by atoms with Crippen LogP contribution in [0.5, 0.6) is 0 Å². The van der Waals surface area contributed by atoms with Gasteiger partial charge in [-0.3, -0.25) is 9.78 Å². The molecule has 4 heteroatoms. The fourth-order valence-electron chi connectivity index (χ4n) is 1.79. The molecule has 1 saturated carbocycles. The van der Waals surface area contributed by atoms with E-state index in [9.17, 15) is 4.79 Å². The van der Waals surface area contributed by atoms with Gasteiger partial charge in [0, 0.05) is 25.1 Å². The third-order valence-electron chi connectivity index (χ3n) is 3.03. The molecule has 0 radical (unpaired) electrons. The second kappa shape index (κ2) is 3.62. The molecule has 4 nitrogen and oxygen atoms in total. The molecule has 2 N–H and O–H groups in total. The number of amides is 1. The van der Waals surface area contributed by atoms with Crippen LogP contribution in [-0.4, -0.2) is 23.5 Å². The Balaban J connectivity index is 2.15. The van der Waals surface area contributed by atoms with Crippen LogP contribution in [0.2, 0.25) is 0 Å². The Hall–Kier alpha value is -1.42. The first-order valence-corrected chi connectivity index (χ1v) is 5.10. The number of anilines is 1. The Morgan fingerprint density at radius 1 is 1.47 bits per heavy atom. The Labute approximate surface area is 89.1 Å². The van der Waals surface area contributed by atoms with E-state index >= 15 is 0 Å². The Kier molecular flexibility index (Phi) is 2.44. The summed E-state index contributed by atoms with van der Waals surface area (Å²) in [5.74, 6) is -0.0000463. The van der Waals surface area contributed by atoms with E-state index in [0.717, 1.165) is 24.9 Å². The second-order valence-corrected chi connectivity index (χ2v) is 4.08. The minimum atomic E-state index is -0.627. The highest BCUT2D eigenvalue weighted by Crippen LogP contribution is 2.31. The smallest absolute Gasteiger partial charge is 0.246 e. The average Bonchev–Trinajstić information content (AvgIpc) is 2.25. The summed E-state index contributed by atoms with van der Waals surface area (Å²) in [5.41, 5.74) is 6.19. The molecule has 1 aliphatic rings. The maximum absolute atomic E-state index is 12.0. The quantitative estimate of drug-likeness (QED) is 0.781. The van der Waals surface area contributed by atoms with Gasteiger partial charge in [0.15, 0.2) is 0 Å². The van der Waals surface area contributed by atoms with Gasteiger partial charge < -0.3 is 10.6 Å². The first-order chi connectivity index (χ1) is 7.13. The van der Waals surface area contributed by atoms with Crippen molar-refractivity contribution in [2.24, 2.45) is 5.73 Å². The zero-order valence-electron chi connectivity index (χ0n) is 8.81. The zero-order valence-corrected chi connectivity index (χ0v) is 8.81. The standard InChI is InChI=1S/C11H15N3O/c1-14(9-3-7-13-8-4-9)10(15)11(12)5-2-6-11/h3-4,7-8H,2,5-6,12H2,1H3. The molecule has 0 atom stereocenters. The fourth-order valence-corrected chi connectivity index (χ4v) is 1.79. The maximum atomic E-state index is 12.0. The first kappa shape index (κ1) is 10.1. The van der Waals surface area contributed by atoms with Crippen molar-refractivity contribution in [3.63, 3.8) is 0 Å². The number of nitrogens with zero attached hydrogens (tertiary/aromatic N) is 2. The number of carbonyl (C=O) groups excluding carboxylic acids is 1. The third-order valence-corrected chi connectivity index (χ3v) is 3.03. The van der Waals surface area contributed by atoms with E-state index in [0.29, 0.717) is 0 Å². The van der Waals surface area contributed by atoms with E-state index in [4.69, 9.17) is 5.73 Å². The largest absolute Gasteiger partial charge is 0.317 e. The predicted octanol–water partition coefficient (Wildman–Crippen LogP) is 0.926. The van der Waals surface area contributed by atoms with E-state index < -0.39 is 5.54 Å². The van der Waals surface area contributed by atoms with Crippen LogP contribution in [0.1, 0.15) is 19.3 Å². The molecule has 0 bridgehead atoms. The van der Waals surface area contributed by atoms with Crippen LogP contribution in [0.3, 0.4) is 0 Å². The highest BCUT2D eigenvalue weighted by molar-refractivity contribution is 6.00. The van der Waals surface area contributed by atoms with Crippen LogP contribution in [0, 0.1) is 0 Å². The van der Waals surface area contributed by atoms with Gasteiger partial charge in [-0.05, 0) is 31.4 Å². The number of pyridine rings is 1. The fraction of sp³-hybridized carbons (Fsp3) is 0.455. The molecule has 1 amide bonds. The summed E-state index contributed by atoms with van der Waals surface area (Å²) in [6, 6.07) is 3.61. The summed E-state index contributed by atoms with van der Waals surface area (Å²) in [6.07, 6.45) is 5.97. The number of nitrogens with two attached hydrogens (primary N) is 1. The molecule has 1 aromatic heterocycles. The number of rotatable bonds is 2. The molecule has 0 spiro atoms. The summed E-state index contributed by atoms with van der Waals surface area (Å²) < 4.78 is 0. The van der Waals surface area contributed by atoms with E-state index in [2.05, 4.69) is 4.98 Å². The van der Waals surface area contributed by atoms with Crippen molar-refractivity contribution in [3.05, 3.63) is 24.5 Å². The van der Waals surface area contributed by atoms with Crippen molar-refractivity contribution in [1.82, 2.24) is 4.98 Å². The third kappa shape index (κ3) is 1.72. The van der Waals surface area contributed by atoms with Crippen LogP contribution < -0.4 is 10.6 Å². The molecule has 1 fully saturated rings. The first-order valence-electron chi connectivity index (χ1n) is 5.10. The van der Waals surface area contributed by atoms with E-state index in [1.807, 2.05) is 0 Å². The van der Waals surface area contributed by atoms with Crippen LogP contribution in [0.15, 0.2) is 24.5 Å². The summed E-state index contributed by atoms with van der Waals surface area (Å²) >= 11 is 0. The van der Waals surface area contributed by atoms with Crippen molar-refractivity contribution >= 4 is 11.6 Å². The minimum absolute atomic E-state index is 0.0000463. The van der Waals surface area contributed by atoms with Crippen molar-refractivity contribution in [2.75, 3.05) is 11.9 Å². The molecule has 0 aliphatic heterocycles. The normalized spacial score (nSPS) is 18.0. The van der Waals surface area contributed by atoms with Gasteiger partial charge in [0.2, 0.25) is 5.91 Å². The summed E-state index contributed by atoms with van der Waals surface area (Å²) in [7, 11) is 1.75. The van der Waals surface area contributed by atoms with Gasteiger partial charge >= 0.3 is 0 Å². The monoisotopic (exact) mass is 205 g/mol. The highest BCUT2D eigenvalue weighted by atomic mass is 16.2. The van der Waals surface area contributed by atoms with Gasteiger partial charge in [-0.15, -0.1) is 0 Å². The molecule has 80 valence electrons. The average molecular weight is 205 g/mol. The minimum Gasteiger partial charge on any atom is -0.317 e. The summed E-state index contributed by atoms with van der Waals surface area (Å²) in [6.45, 7) is 0. The number of aromatic nitrogens is 1.